The SMILES string of the molecule is CC(N)c1cccc(S(=O)(=O)NC2(C)CCOC2)c1. The van der Waals surface area contributed by atoms with Crippen molar-refractivity contribution in [3.8, 4) is 0 Å². The Labute approximate surface area is 114 Å². The van der Waals surface area contributed by atoms with Gasteiger partial charge in [-0.2, -0.15) is 0 Å². The molecule has 5 nitrogen and oxygen atoms in total. The van der Waals surface area contributed by atoms with Gasteiger partial charge in [0.1, 0.15) is 0 Å². The van der Waals surface area contributed by atoms with Gasteiger partial charge in [0.05, 0.1) is 17.0 Å². The molecule has 0 aromatic heterocycles. The van der Waals surface area contributed by atoms with Crippen LogP contribution < -0.4 is 10.5 Å². The van der Waals surface area contributed by atoms with Gasteiger partial charge in [0.25, 0.3) is 0 Å². The first-order valence-electron chi connectivity index (χ1n) is 6.30. The van der Waals surface area contributed by atoms with Crippen molar-refractivity contribution in [1.29, 1.82) is 0 Å². The maximum Gasteiger partial charge on any atom is 0.241 e. The first-order valence-corrected chi connectivity index (χ1v) is 7.78. The number of benzene rings is 1. The number of ether oxygens (including phenoxy) is 1. The van der Waals surface area contributed by atoms with Crippen LogP contribution in [0, 0.1) is 0 Å². The van der Waals surface area contributed by atoms with Crippen LogP contribution >= 0.6 is 0 Å². The van der Waals surface area contributed by atoms with Crippen LogP contribution in [0.4, 0.5) is 0 Å². The van der Waals surface area contributed by atoms with Gasteiger partial charge in [-0.15, -0.1) is 0 Å². The van der Waals surface area contributed by atoms with Crippen LogP contribution in [0.2, 0.25) is 0 Å². The molecule has 1 heterocycles. The van der Waals surface area contributed by atoms with Gasteiger partial charge in [-0.05, 0) is 38.0 Å². The van der Waals surface area contributed by atoms with Gasteiger partial charge >= 0.3 is 0 Å². The molecule has 0 aliphatic carbocycles. The molecule has 106 valence electrons. The molecule has 0 radical (unpaired) electrons. The normalized spacial score (nSPS) is 25.4. The first-order chi connectivity index (χ1) is 8.82. The predicted octanol–water partition coefficient (Wildman–Crippen LogP) is 1.16. The van der Waals surface area contributed by atoms with Crippen molar-refractivity contribution in [2.75, 3.05) is 13.2 Å². The van der Waals surface area contributed by atoms with Crippen LogP contribution in [-0.2, 0) is 14.8 Å². The highest BCUT2D eigenvalue weighted by Crippen LogP contribution is 2.22. The number of sulfonamides is 1. The van der Waals surface area contributed by atoms with Crippen LogP contribution in [0.15, 0.2) is 29.2 Å². The summed E-state index contributed by atoms with van der Waals surface area (Å²) in [7, 11) is -3.54. The summed E-state index contributed by atoms with van der Waals surface area (Å²) in [4.78, 5) is 0.246. The average molecular weight is 284 g/mol. The quantitative estimate of drug-likeness (QED) is 0.869. The maximum atomic E-state index is 12.4. The Hall–Kier alpha value is -0.950. The van der Waals surface area contributed by atoms with Crippen molar-refractivity contribution < 1.29 is 13.2 Å². The van der Waals surface area contributed by atoms with Gasteiger partial charge in [-0.3, -0.25) is 0 Å². The van der Waals surface area contributed by atoms with Gasteiger partial charge in [-0.1, -0.05) is 12.1 Å². The minimum Gasteiger partial charge on any atom is -0.379 e. The van der Waals surface area contributed by atoms with Gasteiger partial charge in [0.15, 0.2) is 0 Å². The van der Waals surface area contributed by atoms with E-state index in [2.05, 4.69) is 4.72 Å². The standard InChI is InChI=1S/C13H20N2O3S/c1-10(14)11-4-3-5-12(8-11)19(16,17)15-13(2)6-7-18-9-13/h3-5,8,10,15H,6-7,9,14H2,1-2H3. The van der Waals surface area contributed by atoms with Crippen LogP contribution in [0.1, 0.15) is 31.9 Å². The Morgan fingerprint density at radius 1 is 1.47 bits per heavy atom. The zero-order chi connectivity index (χ0) is 14.1. The predicted molar refractivity (Wildman–Crippen MR) is 73.2 cm³/mol. The lowest BCUT2D eigenvalue weighted by Crippen LogP contribution is -2.46. The molecule has 1 aliphatic heterocycles. The first kappa shape index (κ1) is 14.5. The maximum absolute atomic E-state index is 12.4. The summed E-state index contributed by atoms with van der Waals surface area (Å²) < 4.78 is 32.7. The third kappa shape index (κ3) is 3.33. The Bertz CT molecular complexity index is 549. The Morgan fingerprint density at radius 3 is 2.79 bits per heavy atom. The molecule has 0 spiro atoms. The molecule has 1 aromatic carbocycles. The fourth-order valence-corrected chi connectivity index (χ4v) is 3.57. The lowest BCUT2D eigenvalue weighted by atomic mass is 10.0. The highest BCUT2D eigenvalue weighted by Gasteiger charge is 2.34. The molecular weight excluding hydrogens is 264 g/mol. The van der Waals surface area contributed by atoms with E-state index in [1.54, 1.807) is 18.2 Å². The summed E-state index contributed by atoms with van der Waals surface area (Å²) in [6.45, 7) is 4.66. The van der Waals surface area contributed by atoms with E-state index in [1.807, 2.05) is 19.9 Å². The van der Waals surface area contributed by atoms with Gasteiger partial charge in [-0.25, -0.2) is 13.1 Å². The van der Waals surface area contributed by atoms with E-state index in [0.29, 0.717) is 19.6 Å². The summed E-state index contributed by atoms with van der Waals surface area (Å²) in [6.07, 6.45) is 0.680. The molecule has 0 bridgehead atoms. The minimum atomic E-state index is -3.54. The molecule has 0 saturated carbocycles. The molecule has 1 aromatic rings. The average Bonchev–Trinajstić information content (AvgIpc) is 2.75. The van der Waals surface area contributed by atoms with E-state index < -0.39 is 15.6 Å². The monoisotopic (exact) mass is 284 g/mol. The highest BCUT2D eigenvalue weighted by atomic mass is 32.2. The molecule has 1 aliphatic rings. The second-order valence-electron chi connectivity index (χ2n) is 5.33. The third-order valence-electron chi connectivity index (χ3n) is 3.29. The topological polar surface area (TPSA) is 81.4 Å². The lowest BCUT2D eigenvalue weighted by molar-refractivity contribution is 0.178. The number of hydrogen-bond acceptors (Lipinski definition) is 4. The summed E-state index contributed by atoms with van der Waals surface area (Å²) in [5.74, 6) is 0. The van der Waals surface area contributed by atoms with E-state index >= 15 is 0 Å². The smallest absolute Gasteiger partial charge is 0.241 e. The number of nitrogens with two attached hydrogens (primary N) is 1. The number of rotatable bonds is 4. The van der Waals surface area contributed by atoms with Crippen molar-refractivity contribution in [1.82, 2.24) is 4.72 Å². The van der Waals surface area contributed by atoms with Gasteiger partial charge in [0.2, 0.25) is 10.0 Å². The summed E-state index contributed by atoms with van der Waals surface area (Å²) in [5.41, 5.74) is 6.06. The van der Waals surface area contributed by atoms with E-state index in [9.17, 15) is 8.42 Å². The van der Waals surface area contributed by atoms with Crippen LogP contribution in [0.3, 0.4) is 0 Å². The Balaban J connectivity index is 2.26. The van der Waals surface area contributed by atoms with Crippen molar-refractivity contribution in [2.24, 2.45) is 5.73 Å². The molecule has 2 atom stereocenters. The summed E-state index contributed by atoms with van der Waals surface area (Å²) >= 11 is 0. The second-order valence-corrected chi connectivity index (χ2v) is 7.01. The minimum absolute atomic E-state index is 0.194. The largest absolute Gasteiger partial charge is 0.379 e. The molecule has 1 fully saturated rings. The van der Waals surface area contributed by atoms with Crippen molar-refractivity contribution in [3.63, 3.8) is 0 Å². The molecule has 2 rings (SSSR count). The van der Waals surface area contributed by atoms with E-state index in [-0.39, 0.29) is 10.9 Å². The van der Waals surface area contributed by atoms with Crippen LogP contribution in [0.25, 0.3) is 0 Å². The van der Waals surface area contributed by atoms with Crippen LogP contribution in [0.5, 0.6) is 0 Å². The van der Waals surface area contributed by atoms with Crippen molar-refractivity contribution >= 4 is 10.0 Å². The van der Waals surface area contributed by atoms with Crippen LogP contribution in [-0.4, -0.2) is 27.2 Å². The molecule has 19 heavy (non-hydrogen) atoms. The molecular formula is C13H20N2O3S. The Morgan fingerprint density at radius 2 is 2.21 bits per heavy atom. The highest BCUT2D eigenvalue weighted by molar-refractivity contribution is 7.89. The molecule has 0 amide bonds. The number of hydrogen-bond donors (Lipinski definition) is 2. The lowest BCUT2D eigenvalue weighted by Gasteiger charge is -2.23. The van der Waals surface area contributed by atoms with E-state index in [4.69, 9.17) is 10.5 Å². The van der Waals surface area contributed by atoms with Crippen molar-refractivity contribution in [3.05, 3.63) is 29.8 Å². The fraction of sp³-hybridized carbons (Fsp3) is 0.538. The molecule has 3 N–H and O–H groups in total. The fourth-order valence-electron chi connectivity index (χ4n) is 2.10. The van der Waals surface area contributed by atoms with E-state index in [1.165, 1.54) is 0 Å². The Kier molecular flexibility index (Phi) is 3.96. The zero-order valence-electron chi connectivity index (χ0n) is 11.2. The summed E-state index contributed by atoms with van der Waals surface area (Å²) in [6, 6.07) is 6.53. The third-order valence-corrected chi connectivity index (χ3v) is 4.93. The molecule has 2 unspecified atom stereocenters. The van der Waals surface area contributed by atoms with Gasteiger partial charge < -0.3 is 10.5 Å². The molecule has 1 saturated heterocycles. The van der Waals surface area contributed by atoms with E-state index in [0.717, 1.165) is 5.56 Å². The second kappa shape index (κ2) is 5.20. The van der Waals surface area contributed by atoms with Crippen molar-refractivity contribution in [2.45, 2.75) is 36.7 Å². The summed E-state index contributed by atoms with van der Waals surface area (Å²) in [5, 5.41) is 0. The van der Waals surface area contributed by atoms with Gasteiger partial charge in [0, 0.05) is 12.6 Å². The molecule has 6 heteroatoms. The number of nitrogens with one attached hydrogen (secondary N) is 1. The zero-order valence-corrected chi connectivity index (χ0v) is 12.0.